The highest BCUT2D eigenvalue weighted by Crippen LogP contribution is 2.37. The van der Waals surface area contributed by atoms with Crippen LogP contribution in [0.1, 0.15) is 57.9 Å². The summed E-state index contributed by atoms with van der Waals surface area (Å²) < 4.78 is 1.86. The number of hydrogen-bond acceptors (Lipinski definition) is 5. The Hall–Kier alpha value is -1.11. The molecule has 0 saturated heterocycles. The van der Waals surface area contributed by atoms with Crippen molar-refractivity contribution in [2.75, 3.05) is 0 Å². The summed E-state index contributed by atoms with van der Waals surface area (Å²) in [6.07, 6.45) is 8.26. The number of thioether (sulfide) groups is 1. The molecule has 2 fully saturated rings. The van der Waals surface area contributed by atoms with Gasteiger partial charge in [0, 0.05) is 6.04 Å². The molecule has 1 amide bonds. The first-order valence-electron chi connectivity index (χ1n) is 7.49. The maximum Gasteiger partial charge on any atom is 0.233 e. The van der Waals surface area contributed by atoms with Crippen molar-refractivity contribution < 1.29 is 4.79 Å². The molecule has 2 saturated carbocycles. The predicted molar refractivity (Wildman–Crippen MR) is 76.4 cm³/mol. The Kier molecular flexibility index (Phi) is 4.24. The van der Waals surface area contributed by atoms with Gasteiger partial charge in [0.05, 0.1) is 11.3 Å². The van der Waals surface area contributed by atoms with Crippen molar-refractivity contribution in [2.24, 2.45) is 0 Å². The van der Waals surface area contributed by atoms with Gasteiger partial charge in [0.2, 0.25) is 11.1 Å². The summed E-state index contributed by atoms with van der Waals surface area (Å²) in [5.41, 5.74) is 0. The zero-order valence-electron chi connectivity index (χ0n) is 11.8. The molecule has 2 aliphatic carbocycles. The van der Waals surface area contributed by atoms with Gasteiger partial charge in [0.1, 0.15) is 0 Å². The molecule has 1 atom stereocenters. The smallest absolute Gasteiger partial charge is 0.233 e. The van der Waals surface area contributed by atoms with Crippen LogP contribution in [0, 0.1) is 0 Å². The molecular formula is C13H21N5OS. The van der Waals surface area contributed by atoms with E-state index in [9.17, 15) is 4.79 Å². The minimum Gasteiger partial charge on any atom is -0.352 e. The van der Waals surface area contributed by atoms with E-state index in [0.717, 1.165) is 30.8 Å². The zero-order valence-corrected chi connectivity index (χ0v) is 12.6. The standard InChI is InChI=1S/C13H21N5OS/c1-9(12(19)14-10-5-3-2-4-6-10)20-13-15-16-17-18(13)11-7-8-11/h9-11H,2-8H2,1H3,(H,14,19)/t9-/m0/s1. The number of carbonyl (C=O) groups is 1. The van der Waals surface area contributed by atoms with E-state index in [1.807, 2.05) is 11.6 Å². The van der Waals surface area contributed by atoms with Crippen molar-refractivity contribution in [3.05, 3.63) is 0 Å². The van der Waals surface area contributed by atoms with Crippen LogP contribution in [0.3, 0.4) is 0 Å². The summed E-state index contributed by atoms with van der Waals surface area (Å²) in [7, 11) is 0. The number of nitrogens with zero attached hydrogens (tertiary/aromatic N) is 4. The van der Waals surface area contributed by atoms with Crippen LogP contribution in [0.15, 0.2) is 5.16 Å². The molecule has 0 radical (unpaired) electrons. The fraction of sp³-hybridized carbons (Fsp3) is 0.846. The summed E-state index contributed by atoms with van der Waals surface area (Å²) in [4.78, 5) is 12.2. The largest absolute Gasteiger partial charge is 0.352 e. The predicted octanol–water partition coefficient (Wildman–Crippen LogP) is 1.94. The number of tetrazole rings is 1. The van der Waals surface area contributed by atoms with Crippen LogP contribution >= 0.6 is 11.8 Å². The number of carbonyl (C=O) groups excluding carboxylic acids is 1. The highest BCUT2D eigenvalue weighted by molar-refractivity contribution is 8.00. The van der Waals surface area contributed by atoms with Crippen LogP contribution in [0.2, 0.25) is 0 Å². The Morgan fingerprint density at radius 1 is 1.30 bits per heavy atom. The third-order valence-electron chi connectivity index (χ3n) is 3.96. The number of nitrogens with one attached hydrogen (secondary N) is 1. The molecule has 7 heteroatoms. The summed E-state index contributed by atoms with van der Waals surface area (Å²) in [5.74, 6) is 0.104. The van der Waals surface area contributed by atoms with Crippen LogP contribution in [0.4, 0.5) is 0 Å². The van der Waals surface area contributed by atoms with E-state index < -0.39 is 0 Å². The van der Waals surface area contributed by atoms with E-state index in [1.165, 1.54) is 31.0 Å². The van der Waals surface area contributed by atoms with Gasteiger partial charge < -0.3 is 5.32 Å². The lowest BCUT2D eigenvalue weighted by Crippen LogP contribution is -2.40. The van der Waals surface area contributed by atoms with Crippen molar-refractivity contribution in [3.8, 4) is 0 Å². The molecule has 0 bridgehead atoms. The number of rotatable bonds is 5. The van der Waals surface area contributed by atoms with Gasteiger partial charge in [-0.1, -0.05) is 31.0 Å². The first kappa shape index (κ1) is 13.9. The van der Waals surface area contributed by atoms with Crippen LogP contribution in [0.25, 0.3) is 0 Å². The van der Waals surface area contributed by atoms with E-state index in [2.05, 4.69) is 20.8 Å². The molecule has 0 aromatic carbocycles. The fourth-order valence-electron chi connectivity index (χ4n) is 2.59. The quantitative estimate of drug-likeness (QED) is 0.840. The summed E-state index contributed by atoms with van der Waals surface area (Å²) >= 11 is 1.46. The maximum absolute atomic E-state index is 12.2. The molecule has 1 heterocycles. The SMILES string of the molecule is C[C@H](Sc1nnnn1C1CC1)C(=O)NC1CCCCC1. The molecule has 6 nitrogen and oxygen atoms in total. The highest BCUT2D eigenvalue weighted by atomic mass is 32.2. The van der Waals surface area contributed by atoms with Gasteiger partial charge in [0.15, 0.2) is 0 Å². The summed E-state index contributed by atoms with van der Waals surface area (Å²) in [5, 5.41) is 15.5. The van der Waals surface area contributed by atoms with E-state index in [1.54, 1.807) is 0 Å². The van der Waals surface area contributed by atoms with E-state index in [0.29, 0.717) is 12.1 Å². The second kappa shape index (κ2) is 6.11. The van der Waals surface area contributed by atoms with Crippen LogP contribution in [-0.2, 0) is 4.79 Å². The van der Waals surface area contributed by atoms with Gasteiger partial charge in [-0.25, -0.2) is 4.68 Å². The monoisotopic (exact) mass is 295 g/mol. The molecule has 0 spiro atoms. The maximum atomic E-state index is 12.2. The first-order chi connectivity index (χ1) is 9.74. The summed E-state index contributed by atoms with van der Waals surface area (Å²) in [6.45, 7) is 1.93. The van der Waals surface area contributed by atoms with E-state index in [-0.39, 0.29) is 11.2 Å². The van der Waals surface area contributed by atoms with Crippen molar-refractivity contribution in [3.63, 3.8) is 0 Å². The minimum atomic E-state index is -0.152. The molecule has 20 heavy (non-hydrogen) atoms. The highest BCUT2D eigenvalue weighted by Gasteiger charge is 2.29. The molecule has 1 N–H and O–H groups in total. The van der Waals surface area contributed by atoms with Crippen LogP contribution in [0.5, 0.6) is 0 Å². The molecule has 0 aliphatic heterocycles. The summed E-state index contributed by atoms with van der Waals surface area (Å²) in [6, 6.07) is 0.805. The lowest BCUT2D eigenvalue weighted by Gasteiger charge is -2.24. The first-order valence-corrected chi connectivity index (χ1v) is 8.37. The van der Waals surface area contributed by atoms with Crippen molar-refractivity contribution in [2.45, 2.75) is 74.4 Å². The van der Waals surface area contributed by atoms with Gasteiger partial charge in [-0.3, -0.25) is 4.79 Å². The molecule has 0 unspecified atom stereocenters. The Morgan fingerprint density at radius 2 is 2.05 bits per heavy atom. The molecule has 110 valence electrons. The lowest BCUT2D eigenvalue weighted by atomic mass is 9.95. The zero-order chi connectivity index (χ0) is 13.9. The Labute approximate surface area is 123 Å². The number of aromatic nitrogens is 4. The molecule has 2 aliphatic rings. The minimum absolute atomic E-state index is 0.104. The second-order valence-corrected chi connectivity index (χ2v) is 7.05. The van der Waals surface area contributed by atoms with Crippen molar-refractivity contribution in [1.82, 2.24) is 25.5 Å². The topological polar surface area (TPSA) is 72.7 Å². The van der Waals surface area contributed by atoms with Gasteiger partial charge >= 0.3 is 0 Å². The third-order valence-corrected chi connectivity index (χ3v) is 5.01. The van der Waals surface area contributed by atoms with Crippen LogP contribution in [-0.4, -0.2) is 37.4 Å². The Morgan fingerprint density at radius 3 is 2.75 bits per heavy atom. The van der Waals surface area contributed by atoms with Gasteiger partial charge in [-0.2, -0.15) is 0 Å². The average molecular weight is 295 g/mol. The van der Waals surface area contributed by atoms with Crippen molar-refractivity contribution >= 4 is 17.7 Å². The lowest BCUT2D eigenvalue weighted by molar-refractivity contribution is -0.121. The number of hydrogen-bond donors (Lipinski definition) is 1. The van der Waals surface area contributed by atoms with Gasteiger partial charge in [0.25, 0.3) is 0 Å². The van der Waals surface area contributed by atoms with Gasteiger partial charge in [-0.15, -0.1) is 5.10 Å². The van der Waals surface area contributed by atoms with Gasteiger partial charge in [-0.05, 0) is 43.0 Å². The second-order valence-electron chi connectivity index (χ2n) is 5.74. The molecular weight excluding hydrogens is 274 g/mol. The third kappa shape index (κ3) is 3.31. The average Bonchev–Trinajstić information content (AvgIpc) is 3.20. The Bertz CT molecular complexity index is 467. The van der Waals surface area contributed by atoms with E-state index >= 15 is 0 Å². The molecule has 1 aromatic heterocycles. The molecule has 3 rings (SSSR count). The number of amides is 1. The fourth-order valence-corrected chi connectivity index (χ4v) is 3.46. The van der Waals surface area contributed by atoms with E-state index in [4.69, 9.17) is 0 Å². The molecule has 1 aromatic rings. The Balaban J connectivity index is 1.53. The van der Waals surface area contributed by atoms with Crippen LogP contribution < -0.4 is 5.32 Å². The normalized spacial score (nSPS) is 21.6. The van der Waals surface area contributed by atoms with Crippen molar-refractivity contribution in [1.29, 1.82) is 0 Å².